The molecule has 2 aromatic carbocycles. The molecule has 1 fully saturated rings. The Balaban J connectivity index is 2.12. The van der Waals surface area contributed by atoms with Crippen LogP contribution in [0.15, 0.2) is 60.7 Å². The Labute approximate surface area is 169 Å². The number of nitrogens with zero attached hydrogens (tertiary/aromatic N) is 2. The highest BCUT2D eigenvalue weighted by Crippen LogP contribution is 2.42. The van der Waals surface area contributed by atoms with Crippen molar-refractivity contribution in [2.45, 2.75) is 38.2 Å². The molecule has 1 aliphatic rings. The van der Waals surface area contributed by atoms with E-state index in [-0.39, 0.29) is 6.42 Å². The summed E-state index contributed by atoms with van der Waals surface area (Å²) in [7, 11) is 0. The summed E-state index contributed by atoms with van der Waals surface area (Å²) in [5.41, 5.74) is -2.05. The second-order valence-corrected chi connectivity index (χ2v) is 7.95. The van der Waals surface area contributed by atoms with Gasteiger partial charge in [-0.05, 0) is 38.5 Å². The smallest absolute Gasteiger partial charge is 0.332 e. The topological polar surface area (TPSA) is 87.5 Å². The van der Waals surface area contributed by atoms with E-state index < -0.39 is 34.7 Å². The van der Waals surface area contributed by atoms with Gasteiger partial charge in [-0.15, -0.1) is 0 Å². The predicted molar refractivity (Wildman–Crippen MR) is 107 cm³/mol. The molecule has 6 heteroatoms. The summed E-state index contributed by atoms with van der Waals surface area (Å²) >= 11 is 0. The lowest BCUT2D eigenvalue weighted by molar-refractivity contribution is -0.163. The number of anilines is 1. The molecule has 0 unspecified atom stereocenters. The van der Waals surface area contributed by atoms with Crippen LogP contribution in [0.5, 0.6) is 0 Å². The molecular formula is C23H22N2O4. The molecule has 0 N–H and O–H groups in total. The van der Waals surface area contributed by atoms with Gasteiger partial charge >= 0.3 is 5.97 Å². The summed E-state index contributed by atoms with van der Waals surface area (Å²) in [6, 6.07) is 18.9. The second kappa shape index (κ2) is 7.51. The number of amides is 2. The number of benzene rings is 2. The van der Waals surface area contributed by atoms with E-state index in [2.05, 4.69) is 0 Å². The average molecular weight is 390 g/mol. The number of hydrogen-bond acceptors (Lipinski definition) is 5. The van der Waals surface area contributed by atoms with Crippen molar-refractivity contribution in [3.05, 3.63) is 66.2 Å². The van der Waals surface area contributed by atoms with Crippen molar-refractivity contribution in [2.24, 2.45) is 5.92 Å². The second-order valence-electron chi connectivity index (χ2n) is 7.95. The Bertz CT molecular complexity index is 973. The fourth-order valence-corrected chi connectivity index (χ4v) is 3.53. The molecule has 2 aromatic rings. The Kier molecular flexibility index (Phi) is 5.25. The van der Waals surface area contributed by atoms with Crippen molar-refractivity contribution in [3.63, 3.8) is 0 Å². The standard InChI is InChI=1S/C23H22N2O4/c1-22(2,3)29-21(28)23(15-24,16-10-6-4-7-11-16)18-14-19(26)25(20(18)27)17-12-8-5-9-13-17/h4-13,18H,14H2,1-3H3/t18-,23+/m1/s1. The summed E-state index contributed by atoms with van der Waals surface area (Å²) in [4.78, 5) is 40.4. The number of esters is 1. The molecule has 3 rings (SSSR count). The zero-order valence-corrected chi connectivity index (χ0v) is 16.6. The van der Waals surface area contributed by atoms with Crippen molar-refractivity contribution in [3.8, 4) is 6.07 Å². The van der Waals surface area contributed by atoms with Gasteiger partial charge in [-0.1, -0.05) is 48.5 Å². The molecule has 6 nitrogen and oxygen atoms in total. The molecule has 148 valence electrons. The van der Waals surface area contributed by atoms with E-state index in [4.69, 9.17) is 4.74 Å². The Morgan fingerprint density at radius 3 is 2.10 bits per heavy atom. The van der Waals surface area contributed by atoms with Crippen LogP contribution in [-0.4, -0.2) is 23.4 Å². The minimum absolute atomic E-state index is 0.255. The zero-order chi connectivity index (χ0) is 21.2. The minimum atomic E-state index is -1.93. The van der Waals surface area contributed by atoms with Crippen molar-refractivity contribution in [2.75, 3.05) is 4.90 Å². The van der Waals surface area contributed by atoms with E-state index in [0.29, 0.717) is 11.3 Å². The molecule has 0 bridgehead atoms. The van der Waals surface area contributed by atoms with Crippen molar-refractivity contribution in [1.82, 2.24) is 0 Å². The van der Waals surface area contributed by atoms with Gasteiger partial charge in [0.05, 0.1) is 17.7 Å². The van der Waals surface area contributed by atoms with Crippen LogP contribution in [0.2, 0.25) is 0 Å². The molecule has 2 atom stereocenters. The highest BCUT2D eigenvalue weighted by molar-refractivity contribution is 6.22. The zero-order valence-electron chi connectivity index (χ0n) is 16.6. The van der Waals surface area contributed by atoms with E-state index >= 15 is 0 Å². The summed E-state index contributed by atoms with van der Waals surface area (Å²) in [5, 5.41) is 10.2. The Morgan fingerprint density at radius 1 is 1.03 bits per heavy atom. The minimum Gasteiger partial charge on any atom is -0.459 e. The number of imide groups is 1. The molecule has 1 aliphatic heterocycles. The van der Waals surface area contributed by atoms with Crippen molar-refractivity contribution < 1.29 is 19.1 Å². The fraction of sp³-hybridized carbons (Fsp3) is 0.304. The molecule has 0 saturated carbocycles. The summed E-state index contributed by atoms with van der Waals surface area (Å²) in [6.07, 6.45) is -0.255. The number of para-hydroxylation sites is 1. The first-order chi connectivity index (χ1) is 13.7. The van der Waals surface area contributed by atoms with E-state index in [0.717, 1.165) is 4.90 Å². The third kappa shape index (κ3) is 3.64. The first-order valence-electron chi connectivity index (χ1n) is 9.33. The van der Waals surface area contributed by atoms with E-state index in [1.165, 1.54) is 0 Å². The maximum Gasteiger partial charge on any atom is 0.332 e. The maximum atomic E-state index is 13.3. The van der Waals surface area contributed by atoms with Gasteiger partial charge in [-0.3, -0.25) is 14.5 Å². The van der Waals surface area contributed by atoms with Crippen LogP contribution in [0.1, 0.15) is 32.8 Å². The summed E-state index contributed by atoms with van der Waals surface area (Å²) in [6.45, 7) is 5.07. The van der Waals surface area contributed by atoms with Gasteiger partial charge in [0.25, 0.3) is 0 Å². The lowest BCUT2D eigenvalue weighted by atomic mass is 9.70. The molecule has 0 aliphatic carbocycles. The first-order valence-corrected chi connectivity index (χ1v) is 9.33. The molecule has 0 radical (unpaired) electrons. The van der Waals surface area contributed by atoms with Crippen LogP contribution in [0.25, 0.3) is 0 Å². The van der Waals surface area contributed by atoms with E-state index in [1.54, 1.807) is 81.4 Å². The van der Waals surface area contributed by atoms with Crippen LogP contribution in [0, 0.1) is 17.2 Å². The molecule has 29 heavy (non-hydrogen) atoms. The predicted octanol–water partition coefficient (Wildman–Crippen LogP) is 3.37. The number of carbonyl (C=O) groups excluding carboxylic acids is 3. The molecule has 0 aromatic heterocycles. The van der Waals surface area contributed by atoms with Crippen LogP contribution in [0.3, 0.4) is 0 Å². The van der Waals surface area contributed by atoms with Crippen LogP contribution in [0.4, 0.5) is 5.69 Å². The highest BCUT2D eigenvalue weighted by atomic mass is 16.6. The normalized spacial score (nSPS) is 18.8. The third-order valence-electron chi connectivity index (χ3n) is 4.81. The number of ether oxygens (including phenoxy) is 1. The van der Waals surface area contributed by atoms with Gasteiger partial charge in [0.2, 0.25) is 11.8 Å². The van der Waals surface area contributed by atoms with Crippen LogP contribution < -0.4 is 4.90 Å². The van der Waals surface area contributed by atoms with Gasteiger partial charge in [-0.25, -0.2) is 4.79 Å². The van der Waals surface area contributed by atoms with E-state index in [1.807, 2.05) is 6.07 Å². The molecule has 2 amide bonds. The SMILES string of the molecule is CC(C)(C)OC(=O)[C@@](C#N)(c1ccccc1)[C@@H]1CC(=O)N(c2ccccc2)C1=O. The Morgan fingerprint density at radius 2 is 1.59 bits per heavy atom. The summed E-state index contributed by atoms with van der Waals surface area (Å²) < 4.78 is 5.54. The monoisotopic (exact) mass is 390 g/mol. The number of hydrogen-bond donors (Lipinski definition) is 0. The number of nitriles is 1. The molecule has 1 heterocycles. The highest BCUT2D eigenvalue weighted by Gasteiger charge is 2.59. The Hall–Kier alpha value is -3.46. The van der Waals surface area contributed by atoms with Crippen LogP contribution >= 0.6 is 0 Å². The third-order valence-corrected chi connectivity index (χ3v) is 4.81. The first kappa shape index (κ1) is 20.3. The lowest BCUT2D eigenvalue weighted by Crippen LogP contribution is -2.48. The molecule has 0 spiro atoms. The fourth-order valence-electron chi connectivity index (χ4n) is 3.53. The van der Waals surface area contributed by atoms with Crippen LogP contribution in [-0.2, 0) is 24.5 Å². The summed E-state index contributed by atoms with van der Waals surface area (Å²) in [5.74, 6) is -3.06. The lowest BCUT2D eigenvalue weighted by Gasteiger charge is -2.32. The van der Waals surface area contributed by atoms with Gasteiger partial charge in [-0.2, -0.15) is 5.26 Å². The van der Waals surface area contributed by atoms with E-state index in [9.17, 15) is 19.6 Å². The average Bonchev–Trinajstić information content (AvgIpc) is 2.97. The van der Waals surface area contributed by atoms with Crippen molar-refractivity contribution in [1.29, 1.82) is 5.26 Å². The molecule has 1 saturated heterocycles. The molecular weight excluding hydrogens is 368 g/mol. The van der Waals surface area contributed by atoms with Gasteiger partial charge < -0.3 is 4.74 Å². The largest absolute Gasteiger partial charge is 0.459 e. The van der Waals surface area contributed by atoms with Gasteiger partial charge in [0, 0.05) is 6.42 Å². The number of rotatable bonds is 4. The quantitative estimate of drug-likeness (QED) is 0.590. The maximum absolute atomic E-state index is 13.3. The number of carbonyl (C=O) groups is 3. The van der Waals surface area contributed by atoms with Gasteiger partial charge in [0.1, 0.15) is 5.60 Å². The van der Waals surface area contributed by atoms with Gasteiger partial charge in [0.15, 0.2) is 5.41 Å². The van der Waals surface area contributed by atoms with Crippen molar-refractivity contribution >= 4 is 23.5 Å².